The van der Waals surface area contributed by atoms with Crippen molar-refractivity contribution in [2.75, 3.05) is 20.2 Å². The molecule has 4 nitrogen and oxygen atoms in total. The summed E-state index contributed by atoms with van der Waals surface area (Å²) >= 11 is 6.17. The molecule has 1 N–H and O–H groups in total. The van der Waals surface area contributed by atoms with Crippen molar-refractivity contribution >= 4 is 30.0 Å². The van der Waals surface area contributed by atoms with Crippen LogP contribution in [0.15, 0.2) is 12.3 Å². The number of methoxy groups -OCH3 is 1. The van der Waals surface area contributed by atoms with Gasteiger partial charge in [-0.05, 0) is 32.0 Å². The van der Waals surface area contributed by atoms with Crippen LogP contribution in [0.25, 0.3) is 0 Å². The molecule has 0 radical (unpaired) electrons. The van der Waals surface area contributed by atoms with Crippen molar-refractivity contribution in [2.45, 2.75) is 18.8 Å². The van der Waals surface area contributed by atoms with Gasteiger partial charge in [0.05, 0.1) is 23.4 Å². The number of esters is 1. The zero-order valence-electron chi connectivity index (χ0n) is 10.1. The molecule has 1 aromatic rings. The lowest BCUT2D eigenvalue weighted by molar-refractivity contribution is 0.0600. The first kappa shape index (κ1) is 15.2. The number of aromatic nitrogens is 1. The van der Waals surface area contributed by atoms with E-state index in [4.69, 9.17) is 11.6 Å². The fraction of sp³-hybridized carbons (Fsp3) is 0.500. The lowest BCUT2D eigenvalue weighted by Crippen LogP contribution is -2.27. The molecule has 1 saturated heterocycles. The monoisotopic (exact) mass is 290 g/mol. The first-order valence-corrected chi connectivity index (χ1v) is 6.04. The van der Waals surface area contributed by atoms with E-state index in [1.165, 1.54) is 13.3 Å². The number of hydrogen-bond acceptors (Lipinski definition) is 4. The predicted molar refractivity (Wildman–Crippen MR) is 72.7 cm³/mol. The minimum absolute atomic E-state index is 0. The van der Waals surface area contributed by atoms with Gasteiger partial charge in [0.1, 0.15) is 0 Å². The summed E-state index contributed by atoms with van der Waals surface area (Å²) in [6, 6.07) is 1.64. The first-order valence-electron chi connectivity index (χ1n) is 5.67. The number of carbonyl (C=O) groups is 1. The summed E-state index contributed by atoms with van der Waals surface area (Å²) in [7, 11) is 1.34. The standard InChI is InChI=1S/C12H15ClN2O2.ClH/c1-17-12(16)9-6-10(13)11(15-7-9)8-2-4-14-5-3-8;/h6-8,14H,2-5H2,1H3;1H. The van der Waals surface area contributed by atoms with Gasteiger partial charge in [-0.25, -0.2) is 4.79 Å². The highest BCUT2D eigenvalue weighted by atomic mass is 35.5. The second-order valence-corrected chi connectivity index (χ2v) is 4.51. The van der Waals surface area contributed by atoms with E-state index in [-0.39, 0.29) is 12.4 Å². The quantitative estimate of drug-likeness (QED) is 0.850. The second kappa shape index (κ2) is 6.92. The molecule has 0 unspecified atom stereocenters. The van der Waals surface area contributed by atoms with Crippen LogP contribution in [0, 0.1) is 0 Å². The third-order valence-corrected chi connectivity index (χ3v) is 3.32. The third kappa shape index (κ3) is 3.34. The van der Waals surface area contributed by atoms with Gasteiger partial charge in [-0.2, -0.15) is 0 Å². The maximum atomic E-state index is 11.3. The Kier molecular flexibility index (Phi) is 5.85. The second-order valence-electron chi connectivity index (χ2n) is 4.11. The number of carbonyl (C=O) groups excluding carboxylic acids is 1. The van der Waals surface area contributed by atoms with E-state index < -0.39 is 5.97 Å². The Bertz CT molecular complexity index is 421. The van der Waals surface area contributed by atoms with Gasteiger partial charge in [-0.3, -0.25) is 4.98 Å². The third-order valence-electron chi connectivity index (χ3n) is 3.02. The van der Waals surface area contributed by atoms with Crippen LogP contribution in [0.2, 0.25) is 5.02 Å². The topological polar surface area (TPSA) is 51.2 Å². The molecule has 2 rings (SSSR count). The van der Waals surface area contributed by atoms with Crippen molar-refractivity contribution in [3.05, 3.63) is 28.5 Å². The number of hydrogen-bond donors (Lipinski definition) is 1. The summed E-state index contributed by atoms with van der Waals surface area (Å²) in [6.07, 6.45) is 3.60. The molecule has 0 saturated carbocycles. The summed E-state index contributed by atoms with van der Waals surface area (Å²) in [6.45, 7) is 1.98. The summed E-state index contributed by atoms with van der Waals surface area (Å²) in [4.78, 5) is 15.6. The Morgan fingerprint density at radius 2 is 2.17 bits per heavy atom. The smallest absolute Gasteiger partial charge is 0.339 e. The lowest BCUT2D eigenvalue weighted by Gasteiger charge is -2.22. The Labute approximate surface area is 117 Å². The Balaban J connectivity index is 0.00000162. The number of piperidine rings is 1. The minimum atomic E-state index is -0.406. The Morgan fingerprint density at radius 3 is 2.72 bits per heavy atom. The highest BCUT2D eigenvalue weighted by Gasteiger charge is 2.20. The van der Waals surface area contributed by atoms with E-state index in [2.05, 4.69) is 15.0 Å². The van der Waals surface area contributed by atoms with E-state index in [0.29, 0.717) is 16.5 Å². The predicted octanol–water partition coefficient (Wildman–Crippen LogP) is 2.41. The van der Waals surface area contributed by atoms with Crippen LogP contribution in [-0.4, -0.2) is 31.2 Å². The molecule has 0 atom stereocenters. The fourth-order valence-electron chi connectivity index (χ4n) is 2.07. The van der Waals surface area contributed by atoms with Crippen LogP contribution in [0.3, 0.4) is 0 Å². The fourth-order valence-corrected chi connectivity index (χ4v) is 2.39. The maximum Gasteiger partial charge on any atom is 0.339 e. The van der Waals surface area contributed by atoms with Crippen LogP contribution in [0.4, 0.5) is 0 Å². The Hall–Kier alpha value is -0.840. The number of nitrogens with zero attached hydrogens (tertiary/aromatic N) is 1. The number of ether oxygens (including phenoxy) is 1. The van der Waals surface area contributed by atoms with Gasteiger partial charge in [-0.1, -0.05) is 11.6 Å². The van der Waals surface area contributed by atoms with Crippen molar-refractivity contribution in [1.29, 1.82) is 0 Å². The maximum absolute atomic E-state index is 11.3. The number of rotatable bonds is 2. The van der Waals surface area contributed by atoms with Gasteiger partial charge >= 0.3 is 5.97 Å². The number of pyridine rings is 1. The van der Waals surface area contributed by atoms with Gasteiger partial charge < -0.3 is 10.1 Å². The van der Waals surface area contributed by atoms with Crippen molar-refractivity contribution in [2.24, 2.45) is 0 Å². The number of halogens is 2. The van der Waals surface area contributed by atoms with Crippen molar-refractivity contribution in [3.8, 4) is 0 Å². The zero-order valence-corrected chi connectivity index (χ0v) is 11.7. The van der Waals surface area contributed by atoms with Gasteiger partial charge in [-0.15, -0.1) is 12.4 Å². The van der Waals surface area contributed by atoms with Crippen LogP contribution in [-0.2, 0) is 4.74 Å². The first-order chi connectivity index (χ1) is 8.22. The largest absolute Gasteiger partial charge is 0.465 e. The molecular weight excluding hydrogens is 275 g/mol. The van der Waals surface area contributed by atoms with Gasteiger partial charge in [0.2, 0.25) is 0 Å². The van der Waals surface area contributed by atoms with Crippen molar-refractivity contribution in [1.82, 2.24) is 10.3 Å². The van der Waals surface area contributed by atoms with Gasteiger partial charge in [0.25, 0.3) is 0 Å². The molecule has 6 heteroatoms. The SMILES string of the molecule is COC(=O)c1cnc(C2CCNCC2)c(Cl)c1.Cl. The molecule has 1 aliphatic heterocycles. The summed E-state index contributed by atoms with van der Waals surface area (Å²) in [5.41, 5.74) is 1.29. The molecule has 0 amide bonds. The van der Waals surface area contributed by atoms with Gasteiger partial charge in [0.15, 0.2) is 0 Å². The van der Waals surface area contributed by atoms with E-state index in [1.807, 2.05) is 0 Å². The van der Waals surface area contributed by atoms with Crippen molar-refractivity contribution < 1.29 is 9.53 Å². The molecule has 0 spiro atoms. The minimum Gasteiger partial charge on any atom is -0.465 e. The number of nitrogens with one attached hydrogen (secondary N) is 1. The average Bonchev–Trinajstić information content (AvgIpc) is 2.38. The molecule has 100 valence electrons. The zero-order chi connectivity index (χ0) is 12.3. The molecule has 18 heavy (non-hydrogen) atoms. The summed E-state index contributed by atoms with van der Waals surface area (Å²) < 4.78 is 4.63. The molecule has 0 aliphatic carbocycles. The molecule has 0 bridgehead atoms. The van der Waals surface area contributed by atoms with E-state index >= 15 is 0 Å². The molecular formula is C12H16Cl2N2O2. The van der Waals surface area contributed by atoms with E-state index in [0.717, 1.165) is 31.6 Å². The molecule has 1 fully saturated rings. The van der Waals surface area contributed by atoms with Crippen LogP contribution in [0.5, 0.6) is 0 Å². The highest BCUT2D eigenvalue weighted by Crippen LogP contribution is 2.29. The Morgan fingerprint density at radius 1 is 1.50 bits per heavy atom. The van der Waals surface area contributed by atoms with Crippen LogP contribution >= 0.6 is 24.0 Å². The molecule has 0 aromatic carbocycles. The normalized spacial score (nSPS) is 15.9. The average molecular weight is 291 g/mol. The van der Waals surface area contributed by atoms with Gasteiger partial charge in [0, 0.05) is 12.1 Å². The molecule has 1 aliphatic rings. The van der Waals surface area contributed by atoms with Crippen LogP contribution in [0.1, 0.15) is 34.8 Å². The van der Waals surface area contributed by atoms with Crippen LogP contribution < -0.4 is 5.32 Å². The van der Waals surface area contributed by atoms with E-state index in [1.54, 1.807) is 6.07 Å². The van der Waals surface area contributed by atoms with E-state index in [9.17, 15) is 4.79 Å². The summed E-state index contributed by atoms with van der Waals surface area (Å²) in [5, 5.41) is 3.85. The molecule has 1 aromatic heterocycles. The summed E-state index contributed by atoms with van der Waals surface area (Å²) in [5.74, 6) is -0.0216. The lowest BCUT2D eigenvalue weighted by atomic mass is 9.94. The highest BCUT2D eigenvalue weighted by molar-refractivity contribution is 6.31. The molecule has 2 heterocycles. The van der Waals surface area contributed by atoms with Crippen molar-refractivity contribution in [3.63, 3.8) is 0 Å².